The highest BCUT2D eigenvalue weighted by Gasteiger charge is 2.38. The van der Waals surface area contributed by atoms with Gasteiger partial charge in [-0.3, -0.25) is 0 Å². The number of unbranched alkanes of at least 4 members (excludes halogenated alkanes) is 1. The summed E-state index contributed by atoms with van der Waals surface area (Å²) in [5.74, 6) is 0.643. The molecule has 1 unspecified atom stereocenters. The lowest BCUT2D eigenvalue weighted by atomic mass is 9.85. The first-order valence-electron chi connectivity index (χ1n) is 8.96. The average molecular weight is 365 g/mol. The first kappa shape index (κ1) is 18.7. The summed E-state index contributed by atoms with van der Waals surface area (Å²) in [5.41, 5.74) is 6.78. The number of para-hydroxylation sites is 1. The van der Waals surface area contributed by atoms with E-state index in [0.717, 1.165) is 18.5 Å². The zero-order valence-corrected chi connectivity index (χ0v) is 15.5. The molecule has 1 heterocycles. The Labute approximate surface area is 158 Å². The summed E-state index contributed by atoms with van der Waals surface area (Å²) in [7, 11) is 0. The van der Waals surface area contributed by atoms with Crippen LogP contribution in [-0.2, 0) is 10.3 Å². The van der Waals surface area contributed by atoms with Gasteiger partial charge in [0.05, 0.1) is 5.69 Å². The molecule has 7 heteroatoms. The number of hydrogen-bond acceptors (Lipinski definition) is 6. The van der Waals surface area contributed by atoms with Crippen molar-refractivity contribution in [1.29, 1.82) is 0 Å². The van der Waals surface area contributed by atoms with E-state index in [0.29, 0.717) is 23.6 Å². The maximum Gasteiger partial charge on any atom is 0.336 e. The van der Waals surface area contributed by atoms with Gasteiger partial charge in [0.1, 0.15) is 11.3 Å². The van der Waals surface area contributed by atoms with Gasteiger partial charge in [-0.05, 0) is 53.6 Å². The van der Waals surface area contributed by atoms with E-state index < -0.39 is 11.5 Å². The third-order valence-electron chi connectivity index (χ3n) is 4.47. The lowest BCUT2D eigenvalue weighted by molar-refractivity contribution is -0.141. The van der Waals surface area contributed by atoms with Gasteiger partial charge in [-0.1, -0.05) is 50.1 Å². The molecule has 3 rings (SSSR count). The highest BCUT2D eigenvalue weighted by atomic mass is 16.5. The largest absolute Gasteiger partial charge is 0.425 e. The fourth-order valence-corrected chi connectivity index (χ4v) is 2.89. The summed E-state index contributed by atoms with van der Waals surface area (Å²) < 4.78 is 7.18. The Morgan fingerprint density at radius 2 is 1.96 bits per heavy atom. The van der Waals surface area contributed by atoms with Crippen LogP contribution >= 0.6 is 0 Å². The van der Waals surface area contributed by atoms with Crippen molar-refractivity contribution in [1.82, 2.24) is 20.2 Å². The number of hydrogen-bond donors (Lipinski definition) is 1. The van der Waals surface area contributed by atoms with Crippen molar-refractivity contribution in [3.63, 3.8) is 0 Å². The summed E-state index contributed by atoms with van der Waals surface area (Å²) in [6, 6.07) is 16.4. The highest BCUT2D eigenvalue weighted by Crippen LogP contribution is 2.29. The minimum atomic E-state index is -1.26. The first-order chi connectivity index (χ1) is 13.0. The molecule has 2 aromatic carbocycles. The molecule has 0 bridgehead atoms. The van der Waals surface area contributed by atoms with Crippen LogP contribution in [0.1, 0.15) is 37.6 Å². The van der Waals surface area contributed by atoms with Crippen molar-refractivity contribution in [2.75, 3.05) is 0 Å². The van der Waals surface area contributed by atoms with E-state index in [4.69, 9.17) is 10.5 Å². The van der Waals surface area contributed by atoms with Crippen LogP contribution in [0.3, 0.4) is 0 Å². The molecule has 0 amide bonds. The fraction of sp³-hybridized carbons (Fsp3) is 0.300. The van der Waals surface area contributed by atoms with Crippen molar-refractivity contribution in [2.24, 2.45) is 5.73 Å². The van der Waals surface area contributed by atoms with Gasteiger partial charge in [0.25, 0.3) is 0 Å². The maximum absolute atomic E-state index is 13.0. The van der Waals surface area contributed by atoms with Crippen molar-refractivity contribution >= 4 is 5.97 Å². The topological polar surface area (TPSA) is 95.9 Å². The smallest absolute Gasteiger partial charge is 0.336 e. The van der Waals surface area contributed by atoms with Crippen molar-refractivity contribution < 1.29 is 9.53 Å². The Hall–Kier alpha value is -3.06. The Kier molecular flexibility index (Phi) is 5.61. The van der Waals surface area contributed by atoms with Gasteiger partial charge < -0.3 is 10.5 Å². The Morgan fingerprint density at radius 3 is 2.63 bits per heavy atom. The van der Waals surface area contributed by atoms with E-state index in [-0.39, 0.29) is 0 Å². The second-order valence-corrected chi connectivity index (χ2v) is 6.47. The Morgan fingerprint density at radius 1 is 1.19 bits per heavy atom. The molecule has 0 saturated heterocycles. The zero-order valence-electron chi connectivity index (χ0n) is 15.5. The maximum atomic E-state index is 13.0. The van der Waals surface area contributed by atoms with Gasteiger partial charge in [-0.15, -0.1) is 5.10 Å². The molecule has 0 spiro atoms. The van der Waals surface area contributed by atoms with Gasteiger partial charge in [0.2, 0.25) is 0 Å². The van der Waals surface area contributed by atoms with E-state index in [9.17, 15) is 4.79 Å². The van der Waals surface area contributed by atoms with Gasteiger partial charge >= 0.3 is 5.97 Å². The number of rotatable bonds is 7. The van der Waals surface area contributed by atoms with Gasteiger partial charge in [0, 0.05) is 0 Å². The Bertz CT molecular complexity index is 910. The summed E-state index contributed by atoms with van der Waals surface area (Å²) in [5, 5.41) is 11.6. The SMILES string of the molecule is CCCCC(N)(C(=O)Oc1ccccc1)c1cccc(-n2nnnc2C)c1. The normalized spacial score (nSPS) is 13.1. The fourth-order valence-electron chi connectivity index (χ4n) is 2.89. The van der Waals surface area contributed by atoms with Crippen LogP contribution in [-0.4, -0.2) is 26.2 Å². The van der Waals surface area contributed by atoms with Crippen LogP contribution in [0.2, 0.25) is 0 Å². The number of tetrazole rings is 1. The highest BCUT2D eigenvalue weighted by molar-refractivity contribution is 5.84. The molecule has 1 aromatic heterocycles. The zero-order chi connectivity index (χ0) is 19.3. The van der Waals surface area contributed by atoms with Crippen LogP contribution in [0, 0.1) is 6.92 Å². The minimum absolute atomic E-state index is 0.473. The molecule has 0 aliphatic rings. The van der Waals surface area contributed by atoms with E-state index in [2.05, 4.69) is 22.4 Å². The van der Waals surface area contributed by atoms with Gasteiger partial charge in [-0.2, -0.15) is 4.68 Å². The summed E-state index contributed by atoms with van der Waals surface area (Å²) in [4.78, 5) is 13.0. The van der Waals surface area contributed by atoms with Crippen LogP contribution in [0.4, 0.5) is 0 Å². The minimum Gasteiger partial charge on any atom is -0.425 e. The standard InChI is InChI=1S/C20H23N5O2/c1-3-4-13-20(21,19(26)27-18-11-6-5-7-12-18)16-9-8-10-17(14-16)25-15(2)22-23-24-25/h5-12,14H,3-4,13,21H2,1-2H3. The predicted octanol–water partition coefficient (Wildman–Crippen LogP) is 2.92. The number of nitrogens with two attached hydrogens (primary N) is 1. The summed E-state index contributed by atoms with van der Waals surface area (Å²) >= 11 is 0. The van der Waals surface area contributed by atoms with Crippen LogP contribution in [0.25, 0.3) is 5.69 Å². The number of ether oxygens (including phenoxy) is 1. The van der Waals surface area contributed by atoms with Crippen molar-refractivity contribution in [3.05, 3.63) is 66.0 Å². The van der Waals surface area contributed by atoms with Gasteiger partial charge in [0.15, 0.2) is 5.82 Å². The third-order valence-corrected chi connectivity index (χ3v) is 4.47. The van der Waals surface area contributed by atoms with E-state index in [1.165, 1.54) is 0 Å². The summed E-state index contributed by atoms with van der Waals surface area (Å²) in [6.07, 6.45) is 2.20. The molecule has 3 aromatic rings. The summed E-state index contributed by atoms with van der Waals surface area (Å²) in [6.45, 7) is 3.87. The van der Waals surface area contributed by atoms with E-state index >= 15 is 0 Å². The molecule has 0 aliphatic heterocycles. The second kappa shape index (κ2) is 8.09. The molecule has 7 nitrogen and oxygen atoms in total. The molecule has 0 fully saturated rings. The molecule has 0 aliphatic carbocycles. The monoisotopic (exact) mass is 365 g/mol. The molecule has 2 N–H and O–H groups in total. The molecule has 1 atom stereocenters. The molecule has 0 radical (unpaired) electrons. The Balaban J connectivity index is 1.96. The number of esters is 1. The number of carbonyl (C=O) groups is 1. The lowest BCUT2D eigenvalue weighted by Crippen LogP contribution is -2.47. The lowest BCUT2D eigenvalue weighted by Gasteiger charge is -2.28. The van der Waals surface area contributed by atoms with Crippen LogP contribution < -0.4 is 10.5 Å². The van der Waals surface area contributed by atoms with Crippen LogP contribution in [0.15, 0.2) is 54.6 Å². The van der Waals surface area contributed by atoms with Crippen LogP contribution in [0.5, 0.6) is 5.75 Å². The molecule has 27 heavy (non-hydrogen) atoms. The van der Waals surface area contributed by atoms with Gasteiger partial charge in [-0.25, -0.2) is 4.79 Å². The average Bonchev–Trinajstić information content (AvgIpc) is 3.13. The van der Waals surface area contributed by atoms with E-state index in [1.807, 2.05) is 49.4 Å². The number of aryl methyl sites for hydroxylation is 1. The molecule has 140 valence electrons. The molecular weight excluding hydrogens is 342 g/mol. The second-order valence-electron chi connectivity index (χ2n) is 6.47. The number of aromatic nitrogens is 4. The van der Waals surface area contributed by atoms with Crippen molar-refractivity contribution in [3.8, 4) is 11.4 Å². The number of benzene rings is 2. The molecule has 0 saturated carbocycles. The molecular formula is C20H23N5O2. The van der Waals surface area contributed by atoms with Crippen molar-refractivity contribution in [2.45, 2.75) is 38.6 Å². The quantitative estimate of drug-likeness (QED) is 0.511. The number of nitrogens with zero attached hydrogens (tertiary/aromatic N) is 4. The third kappa shape index (κ3) is 4.03. The first-order valence-corrected chi connectivity index (χ1v) is 8.96. The van der Waals surface area contributed by atoms with E-state index in [1.54, 1.807) is 16.8 Å². The number of carbonyl (C=O) groups excluding carboxylic acids is 1. The predicted molar refractivity (Wildman–Crippen MR) is 101 cm³/mol.